The average molecular weight is 278 g/mol. The summed E-state index contributed by atoms with van der Waals surface area (Å²) >= 11 is 1.50. The molecule has 0 aromatic heterocycles. The Morgan fingerprint density at radius 3 is 2.39 bits per heavy atom. The van der Waals surface area contributed by atoms with Crippen molar-refractivity contribution in [3.8, 4) is 0 Å². The lowest BCUT2D eigenvalue weighted by atomic mass is 10.3. The van der Waals surface area contributed by atoms with Crippen LogP contribution >= 0.6 is 11.8 Å². The highest BCUT2D eigenvalue weighted by Crippen LogP contribution is 2.18. The van der Waals surface area contributed by atoms with Crippen LogP contribution in [0.25, 0.3) is 0 Å². The Morgan fingerprint density at radius 2 is 1.89 bits per heavy atom. The maximum absolute atomic E-state index is 12.2. The zero-order valence-electron chi connectivity index (χ0n) is 9.99. The lowest BCUT2D eigenvalue weighted by Gasteiger charge is -2.36. The third-order valence-corrected chi connectivity index (χ3v) is 3.69. The number of aliphatic hydroxyl groups is 2. The van der Waals surface area contributed by atoms with E-state index >= 15 is 0 Å². The summed E-state index contributed by atoms with van der Waals surface area (Å²) in [6.45, 7) is 0.122. The fourth-order valence-electron chi connectivity index (χ4n) is 1.76. The first-order valence-corrected chi connectivity index (χ1v) is 6.85. The zero-order valence-corrected chi connectivity index (χ0v) is 10.8. The van der Waals surface area contributed by atoms with Gasteiger partial charge in [-0.1, -0.05) is 0 Å². The SMILES string of the molecule is O=C(O)C1CSCCN1C(=O)N(CCO)CCO. The molecule has 18 heavy (non-hydrogen) atoms. The third-order valence-electron chi connectivity index (χ3n) is 2.67. The van der Waals surface area contributed by atoms with Gasteiger partial charge in [-0.2, -0.15) is 11.8 Å². The molecular formula is C10H18N2O5S. The summed E-state index contributed by atoms with van der Waals surface area (Å²) in [5.74, 6) is 0.0397. The van der Waals surface area contributed by atoms with Crippen molar-refractivity contribution in [3.63, 3.8) is 0 Å². The van der Waals surface area contributed by atoms with E-state index in [2.05, 4.69) is 0 Å². The van der Waals surface area contributed by atoms with E-state index in [-0.39, 0.29) is 26.3 Å². The fraction of sp³-hybridized carbons (Fsp3) is 0.800. The number of amides is 2. The second-order valence-electron chi connectivity index (χ2n) is 3.84. The van der Waals surface area contributed by atoms with Crippen LogP contribution in [0.3, 0.4) is 0 Å². The van der Waals surface area contributed by atoms with E-state index in [1.54, 1.807) is 0 Å². The Labute approximate surface area is 109 Å². The minimum atomic E-state index is -1.02. The third kappa shape index (κ3) is 3.76. The van der Waals surface area contributed by atoms with Gasteiger partial charge < -0.3 is 25.1 Å². The molecule has 1 saturated heterocycles. The average Bonchev–Trinajstić information content (AvgIpc) is 2.37. The van der Waals surface area contributed by atoms with Gasteiger partial charge in [-0.25, -0.2) is 9.59 Å². The molecule has 2 amide bonds. The van der Waals surface area contributed by atoms with Crippen molar-refractivity contribution in [2.45, 2.75) is 6.04 Å². The van der Waals surface area contributed by atoms with E-state index in [4.69, 9.17) is 15.3 Å². The predicted octanol–water partition coefficient (Wildman–Crippen LogP) is -1.10. The van der Waals surface area contributed by atoms with Crippen LogP contribution in [0.2, 0.25) is 0 Å². The molecule has 1 aliphatic rings. The van der Waals surface area contributed by atoms with E-state index in [1.165, 1.54) is 21.6 Å². The summed E-state index contributed by atoms with van der Waals surface area (Å²) in [5.41, 5.74) is 0. The fourth-order valence-corrected chi connectivity index (χ4v) is 2.80. The summed E-state index contributed by atoms with van der Waals surface area (Å²) in [6, 6.07) is -1.28. The quantitative estimate of drug-likeness (QED) is 0.590. The molecule has 1 fully saturated rings. The molecule has 1 unspecified atom stereocenters. The Bertz CT molecular complexity index is 296. The Balaban J connectivity index is 2.73. The van der Waals surface area contributed by atoms with Crippen LogP contribution in [-0.2, 0) is 4.79 Å². The van der Waals surface area contributed by atoms with Crippen molar-refractivity contribution in [1.82, 2.24) is 9.80 Å². The zero-order chi connectivity index (χ0) is 13.5. The molecule has 1 rings (SSSR count). The van der Waals surface area contributed by atoms with E-state index in [9.17, 15) is 9.59 Å². The second kappa shape index (κ2) is 7.45. The molecule has 0 bridgehead atoms. The van der Waals surface area contributed by atoms with Gasteiger partial charge in [-0.05, 0) is 0 Å². The van der Waals surface area contributed by atoms with Gasteiger partial charge in [-0.15, -0.1) is 0 Å². The van der Waals surface area contributed by atoms with Crippen LogP contribution in [0.15, 0.2) is 0 Å². The molecule has 0 aromatic rings. The van der Waals surface area contributed by atoms with Crippen molar-refractivity contribution in [3.05, 3.63) is 0 Å². The number of nitrogens with zero attached hydrogens (tertiary/aromatic N) is 2. The van der Waals surface area contributed by atoms with Crippen LogP contribution < -0.4 is 0 Å². The van der Waals surface area contributed by atoms with E-state index < -0.39 is 18.0 Å². The van der Waals surface area contributed by atoms with Gasteiger partial charge in [0, 0.05) is 31.1 Å². The summed E-state index contributed by atoms with van der Waals surface area (Å²) < 4.78 is 0. The molecular weight excluding hydrogens is 260 g/mol. The van der Waals surface area contributed by atoms with Gasteiger partial charge in [0.25, 0.3) is 0 Å². The highest BCUT2D eigenvalue weighted by molar-refractivity contribution is 7.99. The summed E-state index contributed by atoms with van der Waals surface area (Å²) in [6.07, 6.45) is 0. The Hall–Kier alpha value is -0.990. The van der Waals surface area contributed by atoms with Crippen molar-refractivity contribution in [2.75, 3.05) is 44.4 Å². The standard InChI is InChI=1S/C10H18N2O5S/c13-4-1-11(2-5-14)10(17)12-3-6-18-7-8(12)9(15)16/h8,13-14H,1-7H2,(H,15,16). The summed E-state index contributed by atoms with van der Waals surface area (Å²) in [4.78, 5) is 25.8. The van der Waals surface area contributed by atoms with Crippen LogP contribution in [0, 0.1) is 0 Å². The van der Waals surface area contributed by atoms with Gasteiger partial charge in [0.1, 0.15) is 6.04 Å². The maximum Gasteiger partial charge on any atom is 0.327 e. The molecule has 0 radical (unpaired) electrons. The molecule has 0 spiro atoms. The van der Waals surface area contributed by atoms with Gasteiger partial charge in [-0.3, -0.25) is 0 Å². The molecule has 7 nitrogen and oxygen atoms in total. The van der Waals surface area contributed by atoms with Crippen LogP contribution in [0.5, 0.6) is 0 Å². The van der Waals surface area contributed by atoms with E-state index in [0.717, 1.165) is 0 Å². The highest BCUT2D eigenvalue weighted by Gasteiger charge is 2.34. The number of urea groups is 1. The number of carboxylic acid groups (broad SMARTS) is 1. The monoisotopic (exact) mass is 278 g/mol. The normalized spacial score (nSPS) is 19.7. The number of hydrogen-bond acceptors (Lipinski definition) is 5. The number of rotatable bonds is 5. The van der Waals surface area contributed by atoms with Gasteiger partial charge in [0.15, 0.2) is 0 Å². The van der Waals surface area contributed by atoms with Crippen molar-refractivity contribution >= 4 is 23.8 Å². The number of carbonyl (C=O) groups excluding carboxylic acids is 1. The van der Waals surface area contributed by atoms with E-state index in [0.29, 0.717) is 18.1 Å². The Kier molecular flexibility index (Phi) is 6.23. The minimum absolute atomic E-state index is 0.0926. The molecule has 1 atom stereocenters. The second-order valence-corrected chi connectivity index (χ2v) is 4.99. The summed E-state index contributed by atoms with van der Waals surface area (Å²) in [7, 11) is 0. The molecule has 0 aliphatic carbocycles. The molecule has 1 aliphatic heterocycles. The first kappa shape index (κ1) is 15.1. The topological polar surface area (TPSA) is 101 Å². The van der Waals surface area contributed by atoms with Crippen LogP contribution in [0.1, 0.15) is 0 Å². The van der Waals surface area contributed by atoms with Gasteiger partial charge in [0.05, 0.1) is 13.2 Å². The maximum atomic E-state index is 12.2. The highest BCUT2D eigenvalue weighted by atomic mass is 32.2. The smallest absolute Gasteiger partial charge is 0.327 e. The molecule has 3 N–H and O–H groups in total. The van der Waals surface area contributed by atoms with Crippen LogP contribution in [0.4, 0.5) is 4.79 Å². The first-order valence-electron chi connectivity index (χ1n) is 5.69. The predicted molar refractivity (Wildman–Crippen MR) is 66.6 cm³/mol. The van der Waals surface area contributed by atoms with Gasteiger partial charge >= 0.3 is 12.0 Å². The number of carbonyl (C=O) groups is 2. The number of aliphatic hydroxyl groups excluding tert-OH is 2. The van der Waals surface area contributed by atoms with Crippen molar-refractivity contribution < 1.29 is 24.9 Å². The molecule has 0 saturated carbocycles. The minimum Gasteiger partial charge on any atom is -0.480 e. The lowest BCUT2D eigenvalue weighted by Crippen LogP contribution is -2.55. The number of aliphatic carboxylic acids is 1. The molecule has 8 heteroatoms. The largest absolute Gasteiger partial charge is 0.480 e. The number of hydrogen-bond donors (Lipinski definition) is 3. The van der Waals surface area contributed by atoms with Crippen molar-refractivity contribution in [2.24, 2.45) is 0 Å². The van der Waals surface area contributed by atoms with E-state index in [1.807, 2.05) is 0 Å². The first-order chi connectivity index (χ1) is 8.61. The van der Waals surface area contributed by atoms with Crippen LogP contribution in [-0.4, -0.2) is 87.5 Å². The van der Waals surface area contributed by atoms with Gasteiger partial charge in [0.2, 0.25) is 0 Å². The summed E-state index contributed by atoms with van der Waals surface area (Å²) in [5, 5.41) is 26.8. The molecule has 1 heterocycles. The lowest BCUT2D eigenvalue weighted by molar-refractivity contribution is -0.141. The number of carboxylic acids is 1. The number of thioether (sulfide) groups is 1. The van der Waals surface area contributed by atoms with Crippen molar-refractivity contribution in [1.29, 1.82) is 0 Å². The Morgan fingerprint density at radius 1 is 1.28 bits per heavy atom. The molecule has 0 aromatic carbocycles. The molecule has 104 valence electrons.